The Hall–Kier alpha value is -1.31. The van der Waals surface area contributed by atoms with Gasteiger partial charge in [-0.15, -0.1) is 0 Å². The van der Waals surface area contributed by atoms with Gasteiger partial charge in [0.1, 0.15) is 0 Å². The van der Waals surface area contributed by atoms with Gasteiger partial charge >= 0.3 is 0 Å². The molecule has 1 fully saturated rings. The number of nitrogen functional groups attached to an aromatic ring is 1. The van der Waals surface area contributed by atoms with E-state index in [4.69, 9.17) is 10.5 Å². The van der Waals surface area contributed by atoms with Crippen molar-refractivity contribution in [2.75, 3.05) is 37.9 Å². The molecule has 7 heteroatoms. The molecule has 0 aromatic heterocycles. The number of hydrogen-bond donors (Lipinski definition) is 3. The second-order valence-electron chi connectivity index (χ2n) is 4.90. The van der Waals surface area contributed by atoms with Gasteiger partial charge in [-0.2, -0.15) is 0 Å². The Kier molecular flexibility index (Phi) is 4.85. The molecule has 0 bridgehead atoms. The Morgan fingerprint density at radius 3 is 2.75 bits per heavy atom. The summed E-state index contributed by atoms with van der Waals surface area (Å²) >= 11 is 0. The third-order valence-corrected chi connectivity index (χ3v) is 4.63. The van der Waals surface area contributed by atoms with Crippen LogP contribution in [-0.4, -0.2) is 35.2 Å². The number of benzene rings is 1. The lowest BCUT2D eigenvalue weighted by Crippen LogP contribution is -2.19. The summed E-state index contributed by atoms with van der Waals surface area (Å²) in [5.41, 5.74) is 6.97. The van der Waals surface area contributed by atoms with Crippen molar-refractivity contribution in [3.8, 4) is 0 Å². The van der Waals surface area contributed by atoms with Crippen LogP contribution in [0.1, 0.15) is 12.8 Å². The fourth-order valence-electron chi connectivity index (χ4n) is 1.78. The third-order valence-electron chi connectivity index (χ3n) is 3.21. The molecule has 0 unspecified atom stereocenters. The zero-order chi connectivity index (χ0) is 14.6. The van der Waals surface area contributed by atoms with E-state index >= 15 is 0 Å². The van der Waals surface area contributed by atoms with Crippen LogP contribution < -0.4 is 15.8 Å². The second kappa shape index (κ2) is 6.43. The van der Waals surface area contributed by atoms with Gasteiger partial charge in [0.2, 0.25) is 10.0 Å². The minimum Gasteiger partial charge on any atom is -0.397 e. The second-order valence-corrected chi connectivity index (χ2v) is 6.79. The van der Waals surface area contributed by atoms with Gasteiger partial charge < -0.3 is 15.8 Å². The van der Waals surface area contributed by atoms with Crippen molar-refractivity contribution in [2.24, 2.45) is 5.92 Å². The lowest BCUT2D eigenvalue weighted by molar-refractivity contribution is 0.134. The Bertz CT molecular complexity index is 556. The molecule has 1 saturated carbocycles. The number of sulfonamides is 1. The Morgan fingerprint density at radius 1 is 1.40 bits per heavy atom. The summed E-state index contributed by atoms with van der Waals surface area (Å²) in [7, 11) is -2.08. The van der Waals surface area contributed by atoms with Crippen LogP contribution in [0.4, 0.5) is 11.4 Å². The van der Waals surface area contributed by atoms with Gasteiger partial charge in [-0.05, 0) is 44.0 Å². The molecule has 4 N–H and O–H groups in total. The Labute approximate surface area is 119 Å². The average molecular weight is 299 g/mol. The molecule has 0 radical (unpaired) electrons. The highest BCUT2D eigenvalue weighted by molar-refractivity contribution is 7.89. The molecule has 1 aliphatic carbocycles. The molecule has 1 aromatic rings. The smallest absolute Gasteiger partial charge is 0.240 e. The largest absolute Gasteiger partial charge is 0.397 e. The van der Waals surface area contributed by atoms with E-state index in [2.05, 4.69) is 10.0 Å². The van der Waals surface area contributed by atoms with E-state index in [9.17, 15) is 8.42 Å². The first kappa shape index (κ1) is 15.1. The zero-order valence-corrected chi connectivity index (χ0v) is 12.4. The lowest BCUT2D eigenvalue weighted by atomic mass is 10.2. The fourth-order valence-corrected chi connectivity index (χ4v) is 2.54. The predicted octanol–water partition coefficient (Wildman–Crippen LogP) is 1.02. The van der Waals surface area contributed by atoms with Crippen molar-refractivity contribution in [3.05, 3.63) is 18.2 Å². The van der Waals surface area contributed by atoms with Gasteiger partial charge in [-0.1, -0.05) is 0 Å². The molecule has 0 saturated heterocycles. The SMILES string of the molecule is CNS(=O)(=O)c1ccc(NCCOCC2CC2)c(N)c1. The highest BCUT2D eigenvalue weighted by Crippen LogP contribution is 2.28. The van der Waals surface area contributed by atoms with Crippen LogP contribution in [0.3, 0.4) is 0 Å². The van der Waals surface area contributed by atoms with E-state index in [0.717, 1.165) is 18.2 Å². The van der Waals surface area contributed by atoms with Gasteiger partial charge in [0, 0.05) is 13.2 Å². The fraction of sp³-hybridized carbons (Fsp3) is 0.538. The standard InChI is InChI=1S/C13H21N3O3S/c1-15-20(17,18)11-4-5-13(12(14)8-11)16-6-7-19-9-10-2-3-10/h4-5,8,10,15-16H,2-3,6-7,9,14H2,1H3. The molecule has 0 heterocycles. The van der Waals surface area contributed by atoms with Crippen molar-refractivity contribution < 1.29 is 13.2 Å². The van der Waals surface area contributed by atoms with Crippen molar-refractivity contribution in [3.63, 3.8) is 0 Å². The number of nitrogens with one attached hydrogen (secondary N) is 2. The minimum absolute atomic E-state index is 0.160. The predicted molar refractivity (Wildman–Crippen MR) is 79.1 cm³/mol. The number of hydrogen-bond acceptors (Lipinski definition) is 5. The van der Waals surface area contributed by atoms with Gasteiger partial charge in [0.15, 0.2) is 0 Å². The highest BCUT2D eigenvalue weighted by Gasteiger charge is 2.20. The first-order valence-electron chi connectivity index (χ1n) is 6.67. The van der Waals surface area contributed by atoms with Gasteiger partial charge in [0.25, 0.3) is 0 Å². The van der Waals surface area contributed by atoms with Crippen LogP contribution in [0.25, 0.3) is 0 Å². The van der Waals surface area contributed by atoms with E-state index < -0.39 is 10.0 Å². The topological polar surface area (TPSA) is 93.5 Å². The monoisotopic (exact) mass is 299 g/mol. The molecule has 1 aromatic carbocycles. The van der Waals surface area contributed by atoms with Crippen molar-refractivity contribution in [1.82, 2.24) is 4.72 Å². The maximum atomic E-state index is 11.6. The molecule has 1 aliphatic rings. The van der Waals surface area contributed by atoms with E-state index in [1.807, 2.05) is 0 Å². The van der Waals surface area contributed by atoms with Crippen LogP contribution >= 0.6 is 0 Å². The van der Waals surface area contributed by atoms with Crippen molar-refractivity contribution in [1.29, 1.82) is 0 Å². The zero-order valence-electron chi connectivity index (χ0n) is 11.6. The molecule has 20 heavy (non-hydrogen) atoms. The number of anilines is 2. The number of ether oxygens (including phenoxy) is 1. The molecule has 0 aliphatic heterocycles. The molecular weight excluding hydrogens is 278 g/mol. The third kappa shape index (κ3) is 4.09. The summed E-state index contributed by atoms with van der Waals surface area (Å²) in [5, 5.41) is 3.14. The van der Waals surface area contributed by atoms with Crippen LogP contribution in [0.5, 0.6) is 0 Å². The normalized spacial score (nSPS) is 15.2. The van der Waals surface area contributed by atoms with E-state index in [1.54, 1.807) is 6.07 Å². The van der Waals surface area contributed by atoms with E-state index in [-0.39, 0.29) is 4.90 Å². The summed E-state index contributed by atoms with van der Waals surface area (Å²) in [5.74, 6) is 0.756. The maximum absolute atomic E-state index is 11.6. The summed E-state index contributed by atoms with van der Waals surface area (Å²) in [4.78, 5) is 0.160. The lowest BCUT2D eigenvalue weighted by Gasteiger charge is -2.11. The Balaban J connectivity index is 1.85. The molecule has 2 rings (SSSR count). The molecule has 0 atom stereocenters. The number of rotatable bonds is 8. The quantitative estimate of drug-likeness (QED) is 0.492. The summed E-state index contributed by atoms with van der Waals surface area (Å²) in [6.07, 6.45) is 2.56. The summed E-state index contributed by atoms with van der Waals surface area (Å²) in [6, 6.07) is 4.63. The molecule has 0 amide bonds. The van der Waals surface area contributed by atoms with Gasteiger partial charge in [-0.3, -0.25) is 0 Å². The van der Waals surface area contributed by atoms with Crippen LogP contribution in [-0.2, 0) is 14.8 Å². The molecule has 0 spiro atoms. The summed E-state index contributed by atoms with van der Waals surface area (Å²) < 4.78 is 31.0. The van der Waals surface area contributed by atoms with E-state index in [1.165, 1.54) is 32.0 Å². The minimum atomic E-state index is -3.45. The van der Waals surface area contributed by atoms with Crippen molar-refractivity contribution in [2.45, 2.75) is 17.7 Å². The number of nitrogens with two attached hydrogens (primary N) is 1. The Morgan fingerprint density at radius 2 is 2.15 bits per heavy atom. The van der Waals surface area contributed by atoms with Crippen LogP contribution in [0.2, 0.25) is 0 Å². The molecule has 6 nitrogen and oxygen atoms in total. The van der Waals surface area contributed by atoms with E-state index in [0.29, 0.717) is 18.8 Å². The van der Waals surface area contributed by atoms with Crippen LogP contribution in [0, 0.1) is 5.92 Å². The van der Waals surface area contributed by atoms with Gasteiger partial charge in [0.05, 0.1) is 22.9 Å². The van der Waals surface area contributed by atoms with Crippen LogP contribution in [0.15, 0.2) is 23.1 Å². The molecule has 112 valence electrons. The van der Waals surface area contributed by atoms with Gasteiger partial charge in [-0.25, -0.2) is 13.1 Å². The molecular formula is C13H21N3O3S. The first-order chi connectivity index (χ1) is 9.53. The average Bonchev–Trinajstić information content (AvgIpc) is 3.24. The maximum Gasteiger partial charge on any atom is 0.240 e. The first-order valence-corrected chi connectivity index (χ1v) is 8.16. The van der Waals surface area contributed by atoms with Crippen molar-refractivity contribution >= 4 is 21.4 Å². The highest BCUT2D eigenvalue weighted by atomic mass is 32.2. The summed E-state index contributed by atoms with van der Waals surface area (Å²) in [6.45, 7) is 2.10.